The van der Waals surface area contributed by atoms with Crippen LogP contribution in [0.25, 0.3) is 0 Å². The van der Waals surface area contributed by atoms with E-state index in [1.807, 2.05) is 6.08 Å². The minimum atomic E-state index is -0.847. The summed E-state index contributed by atoms with van der Waals surface area (Å²) < 4.78 is 5.48. The first kappa shape index (κ1) is 67.8. The van der Waals surface area contributed by atoms with E-state index in [-0.39, 0.29) is 18.5 Å². The second-order valence-corrected chi connectivity index (χ2v) is 21.0. The topological polar surface area (TPSA) is 95.9 Å². The highest BCUT2D eigenvalue weighted by molar-refractivity contribution is 5.76. The third kappa shape index (κ3) is 55.1. The lowest BCUT2D eigenvalue weighted by Crippen LogP contribution is -2.45. The molecule has 2 unspecified atom stereocenters. The number of nitrogens with one attached hydrogen (secondary N) is 1. The lowest BCUT2D eigenvalue weighted by Gasteiger charge is -2.20. The molecule has 0 aromatic rings. The van der Waals surface area contributed by atoms with Crippen molar-refractivity contribution in [2.45, 2.75) is 334 Å². The van der Waals surface area contributed by atoms with Gasteiger partial charge in [-0.05, 0) is 89.9 Å². The van der Waals surface area contributed by atoms with E-state index in [4.69, 9.17) is 4.74 Å². The molecule has 0 fully saturated rings. The molecule has 1 amide bonds. The number of ether oxygens (including phenoxy) is 1. The highest BCUT2D eigenvalue weighted by atomic mass is 16.5. The Hall–Kier alpha value is -2.18. The molecule has 0 aliphatic heterocycles. The van der Waals surface area contributed by atoms with Gasteiger partial charge in [0.1, 0.15) is 0 Å². The number of hydrogen-bond donors (Lipinski definition) is 3. The van der Waals surface area contributed by atoms with Crippen molar-refractivity contribution in [1.29, 1.82) is 0 Å². The molecule has 0 aliphatic rings. The fraction of sp³-hybridized carbons (Fsp3) is 0.844. The number of carbonyl (C=O) groups is 2. The van der Waals surface area contributed by atoms with Gasteiger partial charge in [0, 0.05) is 12.8 Å². The third-order valence-electron chi connectivity index (χ3n) is 14.1. The van der Waals surface area contributed by atoms with Crippen LogP contribution in [0.15, 0.2) is 48.6 Å². The van der Waals surface area contributed by atoms with Crippen LogP contribution in [0.1, 0.15) is 322 Å². The molecule has 70 heavy (non-hydrogen) atoms. The zero-order valence-corrected chi connectivity index (χ0v) is 46.7. The smallest absolute Gasteiger partial charge is 0.305 e. The molecule has 0 radical (unpaired) electrons. The summed E-state index contributed by atoms with van der Waals surface area (Å²) >= 11 is 0. The van der Waals surface area contributed by atoms with Crippen LogP contribution in [-0.2, 0) is 14.3 Å². The predicted octanol–water partition coefficient (Wildman–Crippen LogP) is 19.4. The van der Waals surface area contributed by atoms with Crippen LogP contribution in [0.4, 0.5) is 0 Å². The molecule has 0 aromatic heterocycles. The summed E-state index contributed by atoms with van der Waals surface area (Å²) in [5, 5.41) is 23.1. The van der Waals surface area contributed by atoms with Gasteiger partial charge >= 0.3 is 5.97 Å². The maximum Gasteiger partial charge on any atom is 0.305 e. The fourth-order valence-corrected chi connectivity index (χ4v) is 9.31. The Bertz CT molecular complexity index is 1180. The molecule has 0 heterocycles. The zero-order chi connectivity index (χ0) is 50.7. The van der Waals surface area contributed by atoms with Crippen molar-refractivity contribution < 1.29 is 24.5 Å². The third-order valence-corrected chi connectivity index (χ3v) is 14.1. The van der Waals surface area contributed by atoms with Gasteiger partial charge in [0.05, 0.1) is 25.4 Å². The Labute approximate surface area is 436 Å². The minimum absolute atomic E-state index is 0.00236. The molecule has 410 valence electrons. The average molecular weight is 983 g/mol. The molecule has 6 nitrogen and oxygen atoms in total. The number of aliphatic hydroxyl groups excluding tert-OH is 2. The van der Waals surface area contributed by atoms with Gasteiger partial charge in [-0.25, -0.2) is 0 Å². The Balaban J connectivity index is 3.43. The first-order valence-electron chi connectivity index (χ1n) is 30.9. The van der Waals surface area contributed by atoms with Gasteiger partial charge in [-0.15, -0.1) is 0 Å². The second kappa shape index (κ2) is 59.4. The average Bonchev–Trinajstić information content (AvgIpc) is 3.36. The lowest BCUT2D eigenvalue weighted by molar-refractivity contribution is -0.143. The molecule has 0 rings (SSSR count). The largest absolute Gasteiger partial charge is 0.466 e. The van der Waals surface area contributed by atoms with E-state index in [2.05, 4.69) is 55.6 Å². The minimum Gasteiger partial charge on any atom is -0.466 e. The van der Waals surface area contributed by atoms with Crippen LogP contribution >= 0.6 is 0 Å². The Morgan fingerprint density at radius 1 is 0.400 bits per heavy atom. The number of carbonyl (C=O) groups excluding carboxylic acids is 2. The highest BCUT2D eigenvalue weighted by Gasteiger charge is 2.18. The summed E-state index contributed by atoms with van der Waals surface area (Å²) in [7, 11) is 0. The van der Waals surface area contributed by atoms with Crippen molar-refractivity contribution in [3.8, 4) is 0 Å². The molecule has 2 atom stereocenters. The van der Waals surface area contributed by atoms with E-state index in [0.29, 0.717) is 19.4 Å². The molecule has 3 N–H and O–H groups in total. The Morgan fingerprint density at radius 2 is 0.714 bits per heavy atom. The normalized spacial score (nSPS) is 12.9. The van der Waals surface area contributed by atoms with Crippen molar-refractivity contribution in [3.05, 3.63) is 48.6 Å². The van der Waals surface area contributed by atoms with Crippen molar-refractivity contribution in [2.75, 3.05) is 13.2 Å². The lowest BCUT2D eigenvalue weighted by atomic mass is 10.0. The van der Waals surface area contributed by atoms with Gasteiger partial charge in [-0.3, -0.25) is 9.59 Å². The SMILES string of the molecule is CCCCC/C=C\C/C=C\CCCCCCCC(=O)OCCCCCCCCCCCCCC/C=C\CCCCCCCCCCC(=O)NC(CO)C(O)/C=C/CCCCCCCCCCCCCC. The maximum absolute atomic E-state index is 12.5. The molecule has 0 saturated carbocycles. The van der Waals surface area contributed by atoms with Crippen LogP contribution in [0.5, 0.6) is 0 Å². The molecule has 0 aliphatic carbocycles. The predicted molar refractivity (Wildman–Crippen MR) is 306 cm³/mol. The van der Waals surface area contributed by atoms with E-state index in [1.165, 1.54) is 244 Å². The molecular formula is C64H119NO5. The van der Waals surface area contributed by atoms with Gasteiger partial charge in [0.15, 0.2) is 0 Å². The summed E-state index contributed by atoms with van der Waals surface area (Å²) in [5.41, 5.74) is 0. The van der Waals surface area contributed by atoms with E-state index in [9.17, 15) is 19.8 Å². The fourth-order valence-electron chi connectivity index (χ4n) is 9.31. The van der Waals surface area contributed by atoms with E-state index in [0.717, 1.165) is 51.4 Å². The summed E-state index contributed by atoms with van der Waals surface area (Å²) in [5.74, 6) is -0.0749. The van der Waals surface area contributed by atoms with E-state index < -0.39 is 12.1 Å². The zero-order valence-electron chi connectivity index (χ0n) is 46.7. The molecule has 0 spiro atoms. The van der Waals surface area contributed by atoms with Crippen molar-refractivity contribution in [1.82, 2.24) is 5.32 Å². The molecule has 0 bridgehead atoms. The first-order valence-corrected chi connectivity index (χ1v) is 30.9. The number of amides is 1. The molecule has 0 aromatic carbocycles. The van der Waals surface area contributed by atoms with Crippen LogP contribution in [0, 0.1) is 0 Å². The summed E-state index contributed by atoms with van der Waals surface area (Å²) in [6.45, 7) is 4.87. The van der Waals surface area contributed by atoms with Gasteiger partial charge in [0.25, 0.3) is 0 Å². The molecule has 6 heteroatoms. The number of allylic oxidation sites excluding steroid dienone is 7. The second-order valence-electron chi connectivity index (χ2n) is 21.0. The standard InChI is InChI=1S/C64H119NO5/c1-3-5-7-9-11-13-15-17-29-34-38-42-46-50-54-58-64(69)70-59-55-51-47-43-39-35-31-28-26-24-22-20-19-21-23-25-27-30-33-37-41-45-49-53-57-63(68)65-61(60-66)62(67)56-52-48-44-40-36-32-18-16-14-12-10-8-6-4-2/h11,13,17,21,23,29,52,56,61-62,66-67H,3-10,12,14-16,18-20,22,24-28,30-51,53-55,57-60H2,1-2H3,(H,65,68)/b13-11-,23-21-,29-17-,56-52+. The Morgan fingerprint density at radius 3 is 1.13 bits per heavy atom. The van der Waals surface area contributed by atoms with Crippen LogP contribution in [0.3, 0.4) is 0 Å². The van der Waals surface area contributed by atoms with Gasteiger partial charge < -0.3 is 20.3 Å². The number of aliphatic hydroxyl groups is 2. The van der Waals surface area contributed by atoms with E-state index >= 15 is 0 Å². The quantitative estimate of drug-likeness (QED) is 0.0321. The maximum atomic E-state index is 12.5. The van der Waals surface area contributed by atoms with Crippen molar-refractivity contribution >= 4 is 11.9 Å². The van der Waals surface area contributed by atoms with Gasteiger partial charge in [0.2, 0.25) is 5.91 Å². The summed E-state index contributed by atoms with van der Waals surface area (Å²) in [4.78, 5) is 24.5. The number of esters is 1. The van der Waals surface area contributed by atoms with Crippen LogP contribution in [0.2, 0.25) is 0 Å². The van der Waals surface area contributed by atoms with Crippen molar-refractivity contribution in [3.63, 3.8) is 0 Å². The van der Waals surface area contributed by atoms with Crippen LogP contribution < -0.4 is 5.32 Å². The summed E-state index contributed by atoms with van der Waals surface area (Å²) in [6, 6.07) is -0.631. The van der Waals surface area contributed by atoms with Crippen molar-refractivity contribution in [2.24, 2.45) is 0 Å². The number of unbranched alkanes of at least 4 members (excludes halogenated alkanes) is 40. The van der Waals surface area contributed by atoms with Crippen LogP contribution in [-0.4, -0.2) is 47.4 Å². The molecular weight excluding hydrogens is 863 g/mol. The summed E-state index contributed by atoms with van der Waals surface area (Å²) in [6.07, 6.45) is 75.8. The highest BCUT2D eigenvalue weighted by Crippen LogP contribution is 2.16. The molecule has 0 saturated heterocycles. The first-order chi connectivity index (χ1) is 34.5. The number of hydrogen-bond acceptors (Lipinski definition) is 5. The van der Waals surface area contributed by atoms with E-state index in [1.54, 1.807) is 6.08 Å². The number of rotatable bonds is 57. The monoisotopic (exact) mass is 982 g/mol. The van der Waals surface area contributed by atoms with Gasteiger partial charge in [-0.2, -0.15) is 0 Å². The Kier molecular flexibility index (Phi) is 57.5. The van der Waals surface area contributed by atoms with Gasteiger partial charge in [-0.1, -0.05) is 268 Å².